The number of hydrogen-bond donors (Lipinski definition) is 2. The van der Waals surface area contributed by atoms with Crippen molar-refractivity contribution >= 4 is 28.2 Å². The number of aryl methyl sites for hydroxylation is 1. The molecule has 34 heavy (non-hydrogen) atoms. The van der Waals surface area contributed by atoms with E-state index in [-0.39, 0.29) is 33.2 Å². The molecule has 0 saturated carbocycles. The van der Waals surface area contributed by atoms with Crippen molar-refractivity contribution < 1.29 is 31.8 Å². The number of anilines is 1. The van der Waals surface area contributed by atoms with Gasteiger partial charge in [-0.1, -0.05) is 31.5 Å². The van der Waals surface area contributed by atoms with Gasteiger partial charge in [-0.15, -0.1) is 0 Å². The highest BCUT2D eigenvalue weighted by Crippen LogP contribution is 2.57. The molecule has 2 atom stereocenters. The van der Waals surface area contributed by atoms with Crippen LogP contribution >= 0.6 is 11.6 Å². The molecule has 182 valence electrons. The van der Waals surface area contributed by atoms with Gasteiger partial charge in [-0.2, -0.15) is 13.2 Å². The van der Waals surface area contributed by atoms with Crippen molar-refractivity contribution in [3.8, 4) is 5.75 Å². The molecule has 0 aliphatic heterocycles. The number of halogens is 6. The fourth-order valence-electron chi connectivity index (χ4n) is 4.78. The second-order valence-electron chi connectivity index (χ2n) is 9.00. The standard InChI is InChI=1S/C23H21ClF5N3O2/c1-10-30-8-12-15(7-14(25)17(26)18(12)31-10)32-20-11-5-6-13(24)19(34-4)16(11)21(2,3)9-22(20,33)23(27,28)29/h5-8,20,32-33H,9H2,1-4H3/t20-,22+/m0/s1. The molecule has 2 N–H and O–H groups in total. The fourth-order valence-corrected chi connectivity index (χ4v) is 5.02. The summed E-state index contributed by atoms with van der Waals surface area (Å²) in [7, 11) is 1.34. The van der Waals surface area contributed by atoms with Gasteiger partial charge in [-0.05, 0) is 30.4 Å². The van der Waals surface area contributed by atoms with Gasteiger partial charge in [-0.25, -0.2) is 18.7 Å². The maximum Gasteiger partial charge on any atom is 0.419 e. The third-order valence-electron chi connectivity index (χ3n) is 6.20. The number of nitrogens with one attached hydrogen (secondary N) is 1. The van der Waals surface area contributed by atoms with Crippen molar-refractivity contribution in [2.24, 2.45) is 0 Å². The van der Waals surface area contributed by atoms with Crippen LogP contribution in [-0.4, -0.2) is 34.0 Å². The Labute approximate surface area is 196 Å². The third-order valence-corrected chi connectivity index (χ3v) is 6.50. The summed E-state index contributed by atoms with van der Waals surface area (Å²) < 4.78 is 77.4. The van der Waals surface area contributed by atoms with Gasteiger partial charge in [0.2, 0.25) is 0 Å². The quantitative estimate of drug-likeness (QED) is 0.430. The zero-order chi connectivity index (χ0) is 25.2. The van der Waals surface area contributed by atoms with Crippen molar-refractivity contribution in [3.63, 3.8) is 0 Å². The number of ether oxygens (including phenoxy) is 1. The van der Waals surface area contributed by atoms with Gasteiger partial charge in [0.15, 0.2) is 17.2 Å². The first-order valence-electron chi connectivity index (χ1n) is 10.2. The first-order chi connectivity index (χ1) is 15.7. The highest BCUT2D eigenvalue weighted by atomic mass is 35.5. The van der Waals surface area contributed by atoms with Crippen LogP contribution in [0.3, 0.4) is 0 Å². The minimum Gasteiger partial charge on any atom is -0.495 e. The summed E-state index contributed by atoms with van der Waals surface area (Å²) in [5, 5.41) is 13.9. The number of methoxy groups -OCH3 is 1. The third kappa shape index (κ3) is 3.63. The van der Waals surface area contributed by atoms with Crippen LogP contribution < -0.4 is 10.1 Å². The van der Waals surface area contributed by atoms with Gasteiger partial charge in [-0.3, -0.25) is 0 Å². The highest BCUT2D eigenvalue weighted by Gasteiger charge is 2.64. The van der Waals surface area contributed by atoms with Gasteiger partial charge in [0, 0.05) is 28.9 Å². The van der Waals surface area contributed by atoms with Crippen LogP contribution in [0.4, 0.5) is 27.6 Å². The Balaban J connectivity index is 2.01. The van der Waals surface area contributed by atoms with E-state index in [1.54, 1.807) is 13.8 Å². The van der Waals surface area contributed by atoms with Crippen molar-refractivity contribution in [2.45, 2.75) is 50.4 Å². The van der Waals surface area contributed by atoms with Crippen molar-refractivity contribution in [2.75, 3.05) is 12.4 Å². The maximum atomic E-state index is 14.4. The van der Waals surface area contributed by atoms with Crippen molar-refractivity contribution in [1.82, 2.24) is 9.97 Å². The molecule has 0 saturated heterocycles. The van der Waals surface area contributed by atoms with Crippen LogP contribution in [0.5, 0.6) is 5.75 Å². The number of benzene rings is 2. The zero-order valence-corrected chi connectivity index (χ0v) is 19.4. The van der Waals surface area contributed by atoms with Crippen molar-refractivity contribution in [1.29, 1.82) is 0 Å². The lowest BCUT2D eigenvalue weighted by atomic mass is 9.63. The van der Waals surface area contributed by atoms with E-state index in [1.807, 2.05) is 0 Å². The lowest BCUT2D eigenvalue weighted by Gasteiger charge is -2.49. The topological polar surface area (TPSA) is 67.3 Å². The molecule has 0 unspecified atom stereocenters. The summed E-state index contributed by atoms with van der Waals surface area (Å²) in [6.45, 7) is 4.55. The molecule has 2 aromatic carbocycles. The summed E-state index contributed by atoms with van der Waals surface area (Å²) in [4.78, 5) is 7.85. The lowest BCUT2D eigenvalue weighted by molar-refractivity contribution is -0.275. The van der Waals surface area contributed by atoms with E-state index in [9.17, 15) is 27.1 Å². The van der Waals surface area contributed by atoms with Crippen molar-refractivity contribution in [3.05, 3.63) is 58.0 Å². The SMILES string of the molecule is COc1c(Cl)ccc2c1C(C)(C)C[C@](O)(C(F)(F)F)[C@H]2Nc1cc(F)c(F)c2nc(C)ncc12. The van der Waals surface area contributed by atoms with Gasteiger partial charge >= 0.3 is 6.18 Å². The first-order valence-corrected chi connectivity index (χ1v) is 10.6. The molecular formula is C23H21ClF5N3O2. The van der Waals surface area contributed by atoms with Crippen LogP contribution in [0.15, 0.2) is 24.4 Å². The predicted molar refractivity (Wildman–Crippen MR) is 117 cm³/mol. The van der Waals surface area contributed by atoms with E-state index in [4.69, 9.17) is 16.3 Å². The number of aromatic nitrogens is 2. The Bertz CT molecular complexity index is 1300. The number of fused-ring (bicyclic) bond motifs is 2. The average molecular weight is 502 g/mol. The van der Waals surface area contributed by atoms with Crippen LogP contribution in [0.25, 0.3) is 10.9 Å². The number of rotatable bonds is 3. The molecule has 0 bridgehead atoms. The second kappa shape index (κ2) is 7.91. The molecule has 11 heteroatoms. The maximum absolute atomic E-state index is 14.4. The van der Waals surface area contributed by atoms with Gasteiger partial charge in [0.05, 0.1) is 18.2 Å². The normalized spacial score (nSPS) is 21.9. The number of aliphatic hydroxyl groups is 1. The van der Waals surface area contributed by atoms with E-state index in [0.717, 1.165) is 6.07 Å². The fraction of sp³-hybridized carbons (Fsp3) is 0.391. The Hall–Kier alpha value is -2.72. The Morgan fingerprint density at radius 3 is 2.53 bits per heavy atom. The number of hydrogen-bond acceptors (Lipinski definition) is 5. The minimum absolute atomic E-state index is 0.0404. The molecule has 1 aliphatic carbocycles. The molecule has 0 amide bonds. The molecular weight excluding hydrogens is 481 g/mol. The van der Waals surface area contributed by atoms with E-state index in [2.05, 4.69) is 15.3 Å². The summed E-state index contributed by atoms with van der Waals surface area (Å²) >= 11 is 6.25. The number of alkyl halides is 3. The second-order valence-corrected chi connectivity index (χ2v) is 9.41. The van der Waals surface area contributed by atoms with Gasteiger partial charge < -0.3 is 15.2 Å². The number of nitrogens with zero attached hydrogens (tertiary/aromatic N) is 2. The first kappa shape index (κ1) is 24.4. The van der Waals surface area contributed by atoms with Gasteiger partial charge in [0.1, 0.15) is 17.1 Å². The molecule has 1 heterocycles. The molecule has 0 fully saturated rings. The van der Waals surface area contributed by atoms with Crippen LogP contribution in [0.2, 0.25) is 5.02 Å². The predicted octanol–water partition coefficient (Wildman–Crippen LogP) is 6.01. The molecule has 0 spiro atoms. The minimum atomic E-state index is -5.08. The zero-order valence-electron chi connectivity index (χ0n) is 18.6. The van der Waals surface area contributed by atoms with Crippen LogP contribution in [-0.2, 0) is 5.41 Å². The van der Waals surface area contributed by atoms with Gasteiger partial charge in [0.25, 0.3) is 0 Å². The Kier molecular flexibility index (Phi) is 5.68. The van der Waals surface area contributed by atoms with Crippen LogP contribution in [0, 0.1) is 18.6 Å². The Morgan fingerprint density at radius 2 is 1.91 bits per heavy atom. The van der Waals surface area contributed by atoms with E-state index in [1.165, 1.54) is 32.4 Å². The highest BCUT2D eigenvalue weighted by molar-refractivity contribution is 6.32. The summed E-state index contributed by atoms with van der Waals surface area (Å²) in [6, 6.07) is 1.64. The molecule has 0 radical (unpaired) electrons. The summed E-state index contributed by atoms with van der Waals surface area (Å²) in [6.07, 6.45) is -4.64. The summed E-state index contributed by atoms with van der Waals surface area (Å²) in [5.74, 6) is -2.24. The molecule has 3 aromatic rings. The molecule has 4 rings (SSSR count). The Morgan fingerprint density at radius 1 is 1.24 bits per heavy atom. The largest absolute Gasteiger partial charge is 0.495 e. The van der Waals surface area contributed by atoms with Crippen LogP contribution in [0.1, 0.15) is 43.3 Å². The lowest BCUT2D eigenvalue weighted by Crippen LogP contribution is -2.58. The average Bonchev–Trinajstić information content (AvgIpc) is 2.73. The molecule has 1 aliphatic rings. The monoisotopic (exact) mass is 501 g/mol. The summed E-state index contributed by atoms with van der Waals surface area (Å²) in [5.41, 5.74) is -4.65. The molecule has 5 nitrogen and oxygen atoms in total. The smallest absolute Gasteiger partial charge is 0.419 e. The van der Waals surface area contributed by atoms with E-state index < -0.39 is 46.8 Å². The van der Waals surface area contributed by atoms with E-state index >= 15 is 0 Å². The van der Waals surface area contributed by atoms with E-state index in [0.29, 0.717) is 5.56 Å². The molecule has 1 aromatic heterocycles.